The number of hydrogen-bond donors (Lipinski definition) is 2. The van der Waals surface area contributed by atoms with Gasteiger partial charge in [0.05, 0.1) is 23.5 Å². The lowest BCUT2D eigenvalue weighted by molar-refractivity contribution is -0.120. The van der Waals surface area contributed by atoms with E-state index in [1.54, 1.807) is 10.9 Å². The minimum absolute atomic E-state index is 0. The van der Waals surface area contributed by atoms with Gasteiger partial charge < -0.3 is 10.6 Å². The zero-order valence-corrected chi connectivity index (χ0v) is 15.4. The molecule has 1 aliphatic rings. The normalized spacial score (nSPS) is 16.7. The Kier molecular flexibility index (Phi) is 7.66. The Morgan fingerprint density at radius 3 is 2.67 bits per heavy atom. The number of amides is 1. The fraction of sp³-hybridized carbons (Fsp3) is 0.438. The monoisotopic (exact) mass is 371 g/mol. The highest BCUT2D eigenvalue weighted by atomic mass is 35.5. The predicted molar refractivity (Wildman–Crippen MR) is 99.6 cm³/mol. The molecule has 0 spiro atoms. The zero-order valence-electron chi connectivity index (χ0n) is 13.8. The van der Waals surface area contributed by atoms with Crippen molar-refractivity contribution in [3.05, 3.63) is 35.8 Å². The lowest BCUT2D eigenvalue weighted by Gasteiger charge is -2.21. The van der Waals surface area contributed by atoms with Crippen molar-refractivity contribution in [2.45, 2.75) is 26.7 Å². The molecular weight excluding hydrogens is 349 g/mol. The van der Waals surface area contributed by atoms with Crippen LogP contribution in [0.1, 0.15) is 24.2 Å². The minimum atomic E-state index is 0. The van der Waals surface area contributed by atoms with Crippen LogP contribution in [0.5, 0.6) is 0 Å². The van der Waals surface area contributed by atoms with Crippen LogP contribution in [0.3, 0.4) is 0 Å². The van der Waals surface area contributed by atoms with Gasteiger partial charge in [0.1, 0.15) is 0 Å². The van der Waals surface area contributed by atoms with E-state index in [0.717, 1.165) is 48.8 Å². The molecule has 1 fully saturated rings. The molecule has 1 unspecified atom stereocenters. The van der Waals surface area contributed by atoms with Crippen molar-refractivity contribution in [1.82, 2.24) is 20.1 Å². The number of pyridine rings is 1. The molecule has 8 heteroatoms. The molecule has 2 N–H and O–H groups in total. The van der Waals surface area contributed by atoms with Crippen molar-refractivity contribution in [3.63, 3.8) is 0 Å². The number of hydrogen-bond acceptors (Lipinski definition) is 4. The summed E-state index contributed by atoms with van der Waals surface area (Å²) in [5.41, 5.74) is 2.72. The first-order chi connectivity index (χ1) is 10.6. The highest BCUT2D eigenvalue weighted by Crippen LogP contribution is 2.15. The van der Waals surface area contributed by atoms with Crippen LogP contribution in [0.15, 0.2) is 24.4 Å². The van der Waals surface area contributed by atoms with E-state index in [9.17, 15) is 4.79 Å². The number of nitrogens with zero attached hydrogens (tertiary/aromatic N) is 3. The Bertz CT molecular complexity index is 666. The van der Waals surface area contributed by atoms with Crippen molar-refractivity contribution >= 4 is 36.4 Å². The highest BCUT2D eigenvalue weighted by molar-refractivity contribution is 5.92. The summed E-state index contributed by atoms with van der Waals surface area (Å²) in [4.78, 5) is 16.6. The van der Waals surface area contributed by atoms with E-state index in [2.05, 4.69) is 20.7 Å². The van der Waals surface area contributed by atoms with Gasteiger partial charge in [-0.05, 0) is 51.4 Å². The Morgan fingerprint density at radius 2 is 2.12 bits per heavy atom. The van der Waals surface area contributed by atoms with Gasteiger partial charge in [0, 0.05) is 12.2 Å². The lowest BCUT2D eigenvalue weighted by atomic mass is 9.99. The van der Waals surface area contributed by atoms with Gasteiger partial charge in [0.15, 0.2) is 5.82 Å². The van der Waals surface area contributed by atoms with Crippen LogP contribution in [-0.4, -0.2) is 33.8 Å². The van der Waals surface area contributed by atoms with Crippen molar-refractivity contribution in [3.8, 4) is 5.82 Å². The van der Waals surface area contributed by atoms with Crippen LogP contribution in [0.4, 0.5) is 5.69 Å². The topological polar surface area (TPSA) is 71.8 Å². The summed E-state index contributed by atoms with van der Waals surface area (Å²) in [6.07, 6.45) is 3.67. The van der Waals surface area contributed by atoms with Gasteiger partial charge >= 0.3 is 0 Å². The van der Waals surface area contributed by atoms with E-state index in [1.807, 2.05) is 32.0 Å². The molecule has 0 aliphatic carbocycles. The van der Waals surface area contributed by atoms with E-state index < -0.39 is 0 Å². The van der Waals surface area contributed by atoms with Crippen LogP contribution in [0.2, 0.25) is 0 Å². The third kappa shape index (κ3) is 4.69. The largest absolute Gasteiger partial charge is 0.324 e. The summed E-state index contributed by atoms with van der Waals surface area (Å²) < 4.78 is 1.80. The number of carbonyl (C=O) groups is 1. The van der Waals surface area contributed by atoms with Gasteiger partial charge in [-0.1, -0.05) is 0 Å². The third-order valence-corrected chi connectivity index (χ3v) is 3.91. The summed E-state index contributed by atoms with van der Waals surface area (Å²) in [5, 5.41) is 10.6. The molecule has 1 saturated heterocycles. The average molecular weight is 372 g/mol. The first-order valence-electron chi connectivity index (χ1n) is 7.65. The van der Waals surface area contributed by atoms with E-state index in [1.165, 1.54) is 0 Å². The van der Waals surface area contributed by atoms with Gasteiger partial charge in [-0.2, -0.15) is 5.10 Å². The summed E-state index contributed by atoms with van der Waals surface area (Å²) in [6, 6.07) is 5.74. The standard InChI is InChI=1S/C16H21N5O.2ClH/c1-11-8-12(2)21(20-11)15-6-5-14(10-18-15)19-16(22)13-4-3-7-17-9-13;;/h5-6,8,10,13,17H,3-4,7,9H2,1-2H3,(H,19,22);2*1H. The average Bonchev–Trinajstić information content (AvgIpc) is 2.87. The van der Waals surface area contributed by atoms with E-state index in [4.69, 9.17) is 0 Å². The van der Waals surface area contributed by atoms with Gasteiger partial charge in [-0.15, -0.1) is 24.8 Å². The first-order valence-corrected chi connectivity index (χ1v) is 7.65. The van der Waals surface area contributed by atoms with E-state index >= 15 is 0 Å². The Balaban J connectivity index is 0.00000144. The number of aromatic nitrogens is 3. The second-order valence-corrected chi connectivity index (χ2v) is 5.78. The molecule has 1 atom stereocenters. The molecule has 24 heavy (non-hydrogen) atoms. The maximum atomic E-state index is 12.2. The van der Waals surface area contributed by atoms with E-state index in [-0.39, 0.29) is 36.6 Å². The Hall–Kier alpha value is -1.63. The second kappa shape index (κ2) is 9.01. The third-order valence-electron chi connectivity index (χ3n) is 3.91. The molecule has 1 amide bonds. The quantitative estimate of drug-likeness (QED) is 0.869. The summed E-state index contributed by atoms with van der Waals surface area (Å²) in [6.45, 7) is 5.70. The number of rotatable bonds is 3. The molecule has 132 valence electrons. The maximum Gasteiger partial charge on any atom is 0.228 e. The van der Waals surface area contributed by atoms with Gasteiger partial charge in [0.2, 0.25) is 5.91 Å². The molecule has 2 aromatic heterocycles. The van der Waals surface area contributed by atoms with Crippen LogP contribution >= 0.6 is 24.8 Å². The number of aryl methyl sites for hydroxylation is 2. The summed E-state index contributed by atoms with van der Waals surface area (Å²) in [7, 11) is 0. The molecule has 6 nitrogen and oxygen atoms in total. The molecule has 0 saturated carbocycles. The van der Waals surface area contributed by atoms with Crippen LogP contribution in [0, 0.1) is 19.8 Å². The first kappa shape index (κ1) is 20.4. The molecule has 0 aromatic carbocycles. The smallest absolute Gasteiger partial charge is 0.228 e. The number of nitrogens with one attached hydrogen (secondary N) is 2. The number of piperidine rings is 1. The fourth-order valence-corrected chi connectivity index (χ4v) is 2.77. The van der Waals surface area contributed by atoms with Gasteiger partial charge in [0.25, 0.3) is 0 Å². The highest BCUT2D eigenvalue weighted by Gasteiger charge is 2.20. The van der Waals surface area contributed by atoms with Gasteiger partial charge in [-0.25, -0.2) is 9.67 Å². The summed E-state index contributed by atoms with van der Waals surface area (Å²) >= 11 is 0. The van der Waals surface area contributed by atoms with Crippen LogP contribution < -0.4 is 10.6 Å². The molecule has 3 heterocycles. The predicted octanol–water partition coefficient (Wildman–Crippen LogP) is 2.67. The molecule has 3 rings (SSSR count). The number of carbonyl (C=O) groups excluding carboxylic acids is 1. The van der Waals surface area contributed by atoms with Crippen LogP contribution in [-0.2, 0) is 4.79 Å². The summed E-state index contributed by atoms with van der Waals surface area (Å²) in [5.74, 6) is 0.861. The SMILES string of the molecule is Cc1cc(C)n(-c2ccc(NC(=O)C3CCCNC3)cn2)n1.Cl.Cl. The Labute approximate surface area is 154 Å². The van der Waals surface area contributed by atoms with Crippen LogP contribution in [0.25, 0.3) is 5.82 Å². The molecule has 0 bridgehead atoms. The van der Waals surface area contributed by atoms with Crippen molar-refractivity contribution in [2.24, 2.45) is 5.92 Å². The number of halogens is 2. The maximum absolute atomic E-state index is 12.2. The van der Waals surface area contributed by atoms with Crippen molar-refractivity contribution in [2.75, 3.05) is 18.4 Å². The second-order valence-electron chi connectivity index (χ2n) is 5.78. The molecular formula is C16H23Cl2N5O. The molecule has 0 radical (unpaired) electrons. The van der Waals surface area contributed by atoms with Crippen molar-refractivity contribution in [1.29, 1.82) is 0 Å². The fourth-order valence-electron chi connectivity index (χ4n) is 2.77. The Morgan fingerprint density at radius 1 is 1.33 bits per heavy atom. The van der Waals surface area contributed by atoms with E-state index in [0.29, 0.717) is 0 Å². The lowest BCUT2D eigenvalue weighted by Crippen LogP contribution is -2.37. The molecule has 1 aliphatic heterocycles. The van der Waals surface area contributed by atoms with Gasteiger partial charge in [-0.3, -0.25) is 4.79 Å². The minimum Gasteiger partial charge on any atom is -0.324 e. The number of anilines is 1. The van der Waals surface area contributed by atoms with Crippen molar-refractivity contribution < 1.29 is 4.79 Å². The zero-order chi connectivity index (χ0) is 15.5. The molecule has 2 aromatic rings.